The van der Waals surface area contributed by atoms with Crippen molar-refractivity contribution in [1.29, 1.82) is 0 Å². The summed E-state index contributed by atoms with van der Waals surface area (Å²) in [5.74, 6) is -0.433. The summed E-state index contributed by atoms with van der Waals surface area (Å²) >= 11 is 1.26. The SMILES string of the molecule is COC(=O)c1sccc1NC(=O)N1CCCC1c1ccccc1C. The van der Waals surface area contributed by atoms with Crippen LogP contribution in [0.1, 0.15) is 39.7 Å². The van der Waals surface area contributed by atoms with Crippen LogP contribution in [0, 0.1) is 6.92 Å². The molecule has 0 bridgehead atoms. The van der Waals surface area contributed by atoms with Gasteiger partial charge in [0.1, 0.15) is 4.88 Å². The standard InChI is InChI=1S/C18H20N2O3S/c1-12-6-3-4-7-13(12)15-8-5-10-20(15)18(22)19-14-9-11-24-16(14)17(21)23-2/h3-4,6-7,9,11,15H,5,8,10H2,1-2H3,(H,19,22). The first-order chi connectivity index (χ1) is 11.6. The molecule has 5 nitrogen and oxygen atoms in total. The number of carbonyl (C=O) groups is 2. The number of anilines is 1. The Hall–Kier alpha value is -2.34. The predicted molar refractivity (Wildman–Crippen MR) is 94.5 cm³/mol. The van der Waals surface area contributed by atoms with E-state index in [1.165, 1.54) is 29.6 Å². The van der Waals surface area contributed by atoms with Crippen molar-refractivity contribution in [3.63, 3.8) is 0 Å². The first-order valence-corrected chi connectivity index (χ1v) is 8.78. The molecule has 1 aliphatic heterocycles. The number of hydrogen-bond donors (Lipinski definition) is 1. The average molecular weight is 344 g/mol. The second kappa shape index (κ2) is 7.05. The van der Waals surface area contributed by atoms with Crippen LogP contribution in [0.4, 0.5) is 10.5 Å². The average Bonchev–Trinajstić information content (AvgIpc) is 3.23. The van der Waals surface area contributed by atoms with E-state index in [0.29, 0.717) is 17.1 Å². The Morgan fingerprint density at radius 1 is 1.29 bits per heavy atom. The molecule has 1 aromatic carbocycles. The van der Waals surface area contributed by atoms with Gasteiger partial charge in [-0.25, -0.2) is 9.59 Å². The summed E-state index contributed by atoms with van der Waals surface area (Å²) in [5, 5.41) is 4.63. The number of benzene rings is 1. The van der Waals surface area contributed by atoms with E-state index >= 15 is 0 Å². The highest BCUT2D eigenvalue weighted by molar-refractivity contribution is 7.12. The zero-order valence-electron chi connectivity index (χ0n) is 13.7. The van der Waals surface area contributed by atoms with E-state index in [-0.39, 0.29) is 12.1 Å². The zero-order valence-corrected chi connectivity index (χ0v) is 14.6. The van der Waals surface area contributed by atoms with Gasteiger partial charge in [-0.3, -0.25) is 0 Å². The van der Waals surface area contributed by atoms with E-state index in [4.69, 9.17) is 4.74 Å². The Balaban J connectivity index is 1.79. The van der Waals surface area contributed by atoms with Crippen LogP contribution >= 0.6 is 11.3 Å². The second-order valence-corrected chi connectivity index (χ2v) is 6.71. The van der Waals surface area contributed by atoms with Gasteiger partial charge < -0.3 is 15.0 Å². The summed E-state index contributed by atoms with van der Waals surface area (Å²) in [6.07, 6.45) is 1.92. The van der Waals surface area contributed by atoms with Crippen molar-refractivity contribution in [2.24, 2.45) is 0 Å². The highest BCUT2D eigenvalue weighted by Gasteiger charge is 2.31. The quantitative estimate of drug-likeness (QED) is 0.849. The first-order valence-electron chi connectivity index (χ1n) is 7.90. The van der Waals surface area contributed by atoms with Crippen LogP contribution in [0.2, 0.25) is 0 Å². The molecular weight excluding hydrogens is 324 g/mol. The topological polar surface area (TPSA) is 58.6 Å². The summed E-state index contributed by atoms with van der Waals surface area (Å²) in [6.45, 7) is 2.78. The van der Waals surface area contributed by atoms with Crippen LogP contribution in [-0.4, -0.2) is 30.6 Å². The van der Waals surface area contributed by atoms with E-state index in [0.717, 1.165) is 12.8 Å². The lowest BCUT2D eigenvalue weighted by Crippen LogP contribution is -2.34. The summed E-state index contributed by atoms with van der Waals surface area (Å²) < 4.78 is 4.76. The number of ether oxygens (including phenoxy) is 1. The lowest BCUT2D eigenvalue weighted by molar-refractivity contribution is 0.0607. The number of methoxy groups -OCH3 is 1. The smallest absolute Gasteiger partial charge is 0.350 e. The first kappa shape index (κ1) is 16.5. The van der Waals surface area contributed by atoms with Crippen LogP contribution in [0.25, 0.3) is 0 Å². The maximum Gasteiger partial charge on any atom is 0.350 e. The number of nitrogens with zero attached hydrogens (tertiary/aromatic N) is 1. The maximum atomic E-state index is 12.7. The Morgan fingerprint density at radius 2 is 2.08 bits per heavy atom. The summed E-state index contributed by atoms with van der Waals surface area (Å²) in [4.78, 5) is 26.8. The molecule has 6 heteroatoms. The minimum Gasteiger partial charge on any atom is -0.465 e. The Kier molecular flexibility index (Phi) is 4.85. The van der Waals surface area contributed by atoms with Gasteiger partial charge in [0.05, 0.1) is 18.8 Å². The van der Waals surface area contributed by atoms with Gasteiger partial charge in [-0.2, -0.15) is 0 Å². The molecule has 1 atom stereocenters. The van der Waals surface area contributed by atoms with E-state index in [1.54, 1.807) is 11.4 Å². The zero-order chi connectivity index (χ0) is 17.1. The largest absolute Gasteiger partial charge is 0.465 e. The Bertz CT molecular complexity index is 756. The maximum absolute atomic E-state index is 12.7. The molecule has 1 aliphatic rings. The third-order valence-electron chi connectivity index (χ3n) is 4.34. The normalized spacial score (nSPS) is 16.9. The number of nitrogens with one attached hydrogen (secondary N) is 1. The summed E-state index contributed by atoms with van der Waals surface area (Å²) in [7, 11) is 1.34. The molecule has 0 aliphatic carbocycles. The summed E-state index contributed by atoms with van der Waals surface area (Å²) in [6, 6.07) is 9.79. The molecule has 2 aromatic rings. The Morgan fingerprint density at radius 3 is 2.83 bits per heavy atom. The van der Waals surface area contributed by atoms with Crippen LogP contribution in [-0.2, 0) is 4.74 Å². The van der Waals surface area contributed by atoms with Gasteiger partial charge >= 0.3 is 12.0 Å². The molecule has 24 heavy (non-hydrogen) atoms. The van der Waals surface area contributed by atoms with Crippen molar-refractivity contribution in [2.75, 3.05) is 19.0 Å². The molecule has 126 valence electrons. The van der Waals surface area contributed by atoms with Crippen molar-refractivity contribution < 1.29 is 14.3 Å². The number of carbonyl (C=O) groups excluding carboxylic acids is 2. The van der Waals surface area contributed by atoms with Crippen LogP contribution in [0.3, 0.4) is 0 Å². The fourth-order valence-corrected chi connectivity index (χ4v) is 3.91. The highest BCUT2D eigenvalue weighted by atomic mass is 32.1. The van der Waals surface area contributed by atoms with Gasteiger partial charge in [0.15, 0.2) is 0 Å². The van der Waals surface area contributed by atoms with Crippen molar-refractivity contribution in [3.05, 3.63) is 51.7 Å². The van der Waals surface area contributed by atoms with Crippen LogP contribution in [0.15, 0.2) is 35.7 Å². The van der Waals surface area contributed by atoms with Crippen molar-refractivity contribution in [1.82, 2.24) is 4.90 Å². The lowest BCUT2D eigenvalue weighted by atomic mass is 9.99. The monoisotopic (exact) mass is 344 g/mol. The fourth-order valence-electron chi connectivity index (χ4n) is 3.14. The molecule has 2 heterocycles. The number of likely N-dealkylation sites (tertiary alicyclic amines) is 1. The van der Waals surface area contributed by atoms with E-state index < -0.39 is 5.97 Å². The van der Waals surface area contributed by atoms with Gasteiger partial charge in [-0.05, 0) is 42.3 Å². The van der Waals surface area contributed by atoms with Gasteiger partial charge in [0.25, 0.3) is 0 Å². The predicted octanol–water partition coefficient (Wildman–Crippen LogP) is 4.21. The molecule has 0 spiro atoms. The van der Waals surface area contributed by atoms with E-state index in [2.05, 4.69) is 24.4 Å². The molecule has 1 N–H and O–H groups in total. The third-order valence-corrected chi connectivity index (χ3v) is 5.23. The highest BCUT2D eigenvalue weighted by Crippen LogP contribution is 2.34. The number of esters is 1. The Labute approximate surface area is 145 Å². The van der Waals surface area contributed by atoms with Crippen molar-refractivity contribution in [3.8, 4) is 0 Å². The van der Waals surface area contributed by atoms with Crippen LogP contribution in [0.5, 0.6) is 0 Å². The van der Waals surface area contributed by atoms with Gasteiger partial charge in [0.2, 0.25) is 0 Å². The van der Waals surface area contributed by atoms with Crippen molar-refractivity contribution >= 4 is 29.0 Å². The minimum atomic E-state index is -0.433. The molecular formula is C18H20N2O3S. The molecule has 0 saturated carbocycles. The number of hydrogen-bond acceptors (Lipinski definition) is 4. The molecule has 3 rings (SSSR count). The lowest BCUT2D eigenvalue weighted by Gasteiger charge is -2.26. The number of rotatable bonds is 3. The number of aryl methyl sites for hydroxylation is 1. The molecule has 1 unspecified atom stereocenters. The third kappa shape index (κ3) is 3.14. The second-order valence-electron chi connectivity index (χ2n) is 5.79. The van der Waals surface area contributed by atoms with E-state index in [1.807, 2.05) is 17.0 Å². The van der Waals surface area contributed by atoms with Crippen LogP contribution < -0.4 is 5.32 Å². The fraction of sp³-hybridized carbons (Fsp3) is 0.333. The van der Waals surface area contributed by atoms with Gasteiger partial charge in [-0.15, -0.1) is 11.3 Å². The number of thiophene rings is 1. The molecule has 1 aromatic heterocycles. The van der Waals surface area contributed by atoms with E-state index in [9.17, 15) is 9.59 Å². The number of amides is 2. The van der Waals surface area contributed by atoms with Gasteiger partial charge in [-0.1, -0.05) is 24.3 Å². The van der Waals surface area contributed by atoms with Crippen molar-refractivity contribution in [2.45, 2.75) is 25.8 Å². The molecule has 2 amide bonds. The molecule has 0 radical (unpaired) electrons. The van der Waals surface area contributed by atoms with Gasteiger partial charge in [0, 0.05) is 6.54 Å². The summed E-state index contributed by atoms with van der Waals surface area (Å²) in [5.41, 5.74) is 2.88. The molecule has 1 fully saturated rings. The number of urea groups is 1. The minimum absolute atomic E-state index is 0.0754. The molecule has 1 saturated heterocycles.